The van der Waals surface area contributed by atoms with Gasteiger partial charge in [0.2, 0.25) is 0 Å². The van der Waals surface area contributed by atoms with Crippen molar-refractivity contribution in [2.45, 2.75) is 39.8 Å². The average Bonchev–Trinajstić information content (AvgIpc) is 2.36. The number of hydrogen-bond acceptors (Lipinski definition) is 4. The summed E-state index contributed by atoms with van der Waals surface area (Å²) in [5.41, 5.74) is 0.326. The molecule has 0 aliphatic carbocycles. The molecule has 118 valence electrons. The fourth-order valence-electron chi connectivity index (χ4n) is 2.26. The third-order valence-electron chi connectivity index (χ3n) is 3.25. The molecule has 0 heterocycles. The van der Waals surface area contributed by atoms with Crippen LogP contribution in [0.5, 0.6) is 0 Å². The molecule has 0 bridgehead atoms. The molecule has 0 unspecified atom stereocenters. The van der Waals surface area contributed by atoms with Gasteiger partial charge in [-0.25, -0.2) is 0 Å². The zero-order valence-corrected chi connectivity index (χ0v) is 14.2. The van der Waals surface area contributed by atoms with Crippen molar-refractivity contribution >= 4 is 34.6 Å². The number of benzene rings is 1. The lowest BCUT2D eigenvalue weighted by Gasteiger charge is -2.30. The molecule has 1 aromatic rings. The number of rotatable bonds is 7. The van der Waals surface area contributed by atoms with Gasteiger partial charge in [0.1, 0.15) is 5.69 Å². The van der Waals surface area contributed by atoms with Crippen molar-refractivity contribution in [1.29, 1.82) is 0 Å². The first-order valence-electron chi connectivity index (χ1n) is 6.87. The Bertz CT molecular complexity index is 499. The molecular weight excluding hydrogens is 313 g/mol. The highest BCUT2D eigenvalue weighted by molar-refractivity contribution is 6.42. The fraction of sp³-hybridized carbons (Fsp3) is 0.571. The monoisotopic (exact) mass is 333 g/mol. The van der Waals surface area contributed by atoms with Crippen LogP contribution in [-0.4, -0.2) is 35.0 Å². The maximum atomic E-state index is 11.1. The minimum Gasteiger partial charge on any atom is -0.378 e. The van der Waals surface area contributed by atoms with Crippen molar-refractivity contribution in [3.63, 3.8) is 0 Å². The zero-order valence-electron chi connectivity index (χ0n) is 12.7. The van der Waals surface area contributed by atoms with E-state index >= 15 is 0 Å². The zero-order chi connectivity index (χ0) is 16.2. The fourth-order valence-corrected chi connectivity index (χ4v) is 2.58. The third kappa shape index (κ3) is 5.02. The van der Waals surface area contributed by atoms with Crippen molar-refractivity contribution in [3.8, 4) is 0 Å². The summed E-state index contributed by atoms with van der Waals surface area (Å²) in [6.07, 6.45) is 0. The van der Waals surface area contributed by atoms with Crippen LogP contribution in [0.4, 0.5) is 11.4 Å². The van der Waals surface area contributed by atoms with Gasteiger partial charge in [0.05, 0.1) is 15.0 Å². The number of halogens is 2. The highest BCUT2D eigenvalue weighted by Crippen LogP contribution is 2.33. The molecule has 0 amide bonds. The van der Waals surface area contributed by atoms with Crippen LogP contribution in [0.2, 0.25) is 10.0 Å². The topological polar surface area (TPSA) is 58.4 Å². The Morgan fingerprint density at radius 2 is 1.71 bits per heavy atom. The molecule has 21 heavy (non-hydrogen) atoms. The number of hydrogen-bond donors (Lipinski definition) is 1. The quantitative estimate of drug-likeness (QED) is 0.592. The summed E-state index contributed by atoms with van der Waals surface area (Å²) in [7, 11) is 0. The number of nitro groups is 1. The van der Waals surface area contributed by atoms with Crippen LogP contribution in [0.25, 0.3) is 0 Å². The van der Waals surface area contributed by atoms with E-state index in [1.54, 1.807) is 0 Å². The largest absolute Gasteiger partial charge is 0.378 e. The minimum atomic E-state index is -0.465. The maximum Gasteiger partial charge on any atom is 0.293 e. The van der Waals surface area contributed by atoms with Crippen LogP contribution in [0.1, 0.15) is 27.7 Å². The standard InChI is InChI=1S/C14H21Cl2N3O2/c1-9(2)18(10(3)4)6-5-17-13-7-11(15)12(16)8-14(13)19(20)21/h7-10,17H,5-6H2,1-4H3. The van der Waals surface area contributed by atoms with Crippen LogP contribution >= 0.6 is 23.2 Å². The van der Waals surface area contributed by atoms with Gasteiger partial charge in [-0.15, -0.1) is 0 Å². The molecule has 0 aliphatic rings. The molecule has 1 rings (SSSR count). The Labute approximate surface area is 135 Å². The van der Waals surface area contributed by atoms with Gasteiger partial charge < -0.3 is 5.32 Å². The van der Waals surface area contributed by atoms with Gasteiger partial charge in [-0.1, -0.05) is 23.2 Å². The van der Waals surface area contributed by atoms with Crippen LogP contribution in [-0.2, 0) is 0 Å². The highest BCUT2D eigenvalue weighted by Gasteiger charge is 2.18. The van der Waals surface area contributed by atoms with E-state index < -0.39 is 4.92 Å². The van der Waals surface area contributed by atoms with E-state index in [9.17, 15) is 10.1 Å². The van der Waals surface area contributed by atoms with E-state index in [1.165, 1.54) is 12.1 Å². The molecule has 0 aliphatic heterocycles. The number of nitrogens with one attached hydrogen (secondary N) is 1. The van der Waals surface area contributed by atoms with Crippen LogP contribution in [0.15, 0.2) is 12.1 Å². The highest BCUT2D eigenvalue weighted by atomic mass is 35.5. The van der Waals surface area contributed by atoms with Gasteiger partial charge in [-0.05, 0) is 33.8 Å². The first-order chi connectivity index (χ1) is 9.73. The molecule has 0 saturated carbocycles. The van der Waals surface area contributed by atoms with E-state index in [2.05, 4.69) is 37.9 Å². The van der Waals surface area contributed by atoms with Gasteiger partial charge in [0.25, 0.3) is 5.69 Å². The Morgan fingerprint density at radius 1 is 1.19 bits per heavy atom. The molecule has 0 fully saturated rings. The third-order valence-corrected chi connectivity index (χ3v) is 3.97. The van der Waals surface area contributed by atoms with Crippen LogP contribution in [0.3, 0.4) is 0 Å². The van der Waals surface area contributed by atoms with E-state index in [4.69, 9.17) is 23.2 Å². The molecule has 1 aromatic carbocycles. The summed E-state index contributed by atoms with van der Waals surface area (Å²) in [6.45, 7) is 9.88. The van der Waals surface area contributed by atoms with Gasteiger partial charge in [0.15, 0.2) is 0 Å². The molecule has 0 spiro atoms. The maximum absolute atomic E-state index is 11.1. The second-order valence-corrected chi connectivity index (χ2v) is 6.21. The first-order valence-corrected chi connectivity index (χ1v) is 7.62. The summed E-state index contributed by atoms with van der Waals surface area (Å²) in [4.78, 5) is 12.9. The summed E-state index contributed by atoms with van der Waals surface area (Å²) >= 11 is 11.8. The SMILES string of the molecule is CC(C)N(CCNc1cc(Cl)c(Cl)cc1[N+](=O)[O-])C(C)C. The number of anilines is 1. The molecule has 7 heteroatoms. The van der Waals surface area contributed by atoms with Crippen molar-refractivity contribution in [2.75, 3.05) is 18.4 Å². The minimum absolute atomic E-state index is 0.0648. The molecule has 0 aromatic heterocycles. The van der Waals surface area contributed by atoms with Crippen LogP contribution < -0.4 is 5.32 Å². The predicted molar refractivity (Wildman–Crippen MR) is 88.6 cm³/mol. The summed E-state index contributed by atoms with van der Waals surface area (Å²) in [5, 5.41) is 14.6. The average molecular weight is 334 g/mol. The van der Waals surface area contributed by atoms with E-state index in [1.807, 2.05) is 0 Å². The second kappa shape index (κ2) is 7.82. The smallest absolute Gasteiger partial charge is 0.293 e. The second-order valence-electron chi connectivity index (χ2n) is 5.39. The lowest BCUT2D eigenvalue weighted by atomic mass is 10.2. The Hall–Kier alpha value is -1.04. The lowest BCUT2D eigenvalue weighted by molar-refractivity contribution is -0.383. The molecule has 0 saturated heterocycles. The van der Waals surface area contributed by atoms with E-state index in [0.29, 0.717) is 29.3 Å². The number of nitrogens with zero attached hydrogens (tertiary/aromatic N) is 2. The molecule has 0 radical (unpaired) electrons. The van der Waals surface area contributed by atoms with Gasteiger partial charge >= 0.3 is 0 Å². The molecule has 5 nitrogen and oxygen atoms in total. The van der Waals surface area contributed by atoms with Crippen molar-refractivity contribution in [2.24, 2.45) is 0 Å². The van der Waals surface area contributed by atoms with Gasteiger partial charge in [0, 0.05) is 31.2 Å². The van der Waals surface area contributed by atoms with E-state index in [-0.39, 0.29) is 10.7 Å². The Morgan fingerprint density at radius 3 is 2.19 bits per heavy atom. The normalized spacial score (nSPS) is 11.5. The number of nitro benzene ring substituents is 1. The van der Waals surface area contributed by atoms with Crippen molar-refractivity contribution in [3.05, 3.63) is 32.3 Å². The lowest BCUT2D eigenvalue weighted by Crippen LogP contribution is -2.40. The molecule has 0 atom stereocenters. The molecule has 1 N–H and O–H groups in total. The Balaban J connectivity index is 2.79. The van der Waals surface area contributed by atoms with Crippen LogP contribution in [0, 0.1) is 10.1 Å². The summed E-state index contributed by atoms with van der Waals surface area (Å²) < 4.78 is 0. The van der Waals surface area contributed by atoms with E-state index in [0.717, 1.165) is 6.54 Å². The first kappa shape index (κ1) is 18.0. The van der Waals surface area contributed by atoms with Gasteiger partial charge in [-0.2, -0.15) is 0 Å². The van der Waals surface area contributed by atoms with Gasteiger partial charge in [-0.3, -0.25) is 15.0 Å². The van der Waals surface area contributed by atoms with Crippen molar-refractivity contribution < 1.29 is 4.92 Å². The molecular formula is C14H21Cl2N3O2. The van der Waals surface area contributed by atoms with Crippen molar-refractivity contribution in [1.82, 2.24) is 4.90 Å². The Kier molecular flexibility index (Phi) is 6.71. The summed E-state index contributed by atoms with van der Waals surface area (Å²) in [6, 6.07) is 3.60. The predicted octanol–water partition coefficient (Wildman–Crippen LogP) is 4.43. The summed E-state index contributed by atoms with van der Waals surface area (Å²) in [5.74, 6) is 0.